The van der Waals surface area contributed by atoms with Gasteiger partial charge in [0.25, 0.3) is 5.91 Å². The van der Waals surface area contributed by atoms with E-state index < -0.39 is 0 Å². The topological polar surface area (TPSA) is 55.1 Å². The lowest BCUT2D eigenvalue weighted by atomic mass is 10.2. The summed E-state index contributed by atoms with van der Waals surface area (Å²) in [6.07, 6.45) is 0. The molecule has 2 aromatic heterocycles. The van der Waals surface area contributed by atoms with Gasteiger partial charge in [0.05, 0.1) is 4.88 Å². The fourth-order valence-electron chi connectivity index (χ4n) is 1.85. The van der Waals surface area contributed by atoms with E-state index >= 15 is 0 Å². The summed E-state index contributed by atoms with van der Waals surface area (Å²) in [6.45, 7) is 0.471. The number of nitrogens with two attached hydrogens (primary N) is 1. The second-order valence-electron chi connectivity index (χ2n) is 4.12. The standard InChI is InChI=1S/C14H12N2OS2/c15-8-9-2-1-3-10(6-9)16-14(17)13-7-12-11(19-13)4-5-18-12/h1-7H,8,15H2,(H,16,17). The van der Waals surface area contributed by atoms with Crippen molar-refractivity contribution in [2.24, 2.45) is 5.73 Å². The molecule has 1 amide bonds. The van der Waals surface area contributed by atoms with Gasteiger partial charge in [-0.3, -0.25) is 4.79 Å². The van der Waals surface area contributed by atoms with Crippen LogP contribution in [0.2, 0.25) is 0 Å². The summed E-state index contributed by atoms with van der Waals surface area (Å²) in [5.74, 6) is -0.0671. The van der Waals surface area contributed by atoms with Gasteiger partial charge >= 0.3 is 0 Å². The molecule has 3 N–H and O–H groups in total. The van der Waals surface area contributed by atoms with E-state index in [0.29, 0.717) is 6.54 Å². The lowest BCUT2D eigenvalue weighted by Crippen LogP contribution is -2.10. The van der Waals surface area contributed by atoms with Crippen LogP contribution >= 0.6 is 22.7 Å². The molecule has 0 saturated heterocycles. The Balaban J connectivity index is 1.82. The minimum absolute atomic E-state index is 0.0671. The zero-order chi connectivity index (χ0) is 13.2. The third-order valence-corrected chi connectivity index (χ3v) is 4.88. The SMILES string of the molecule is NCc1cccc(NC(=O)c2cc3sccc3s2)c1. The Labute approximate surface area is 118 Å². The molecule has 2 heterocycles. The molecule has 5 heteroatoms. The van der Waals surface area contributed by atoms with Crippen molar-refractivity contribution in [2.45, 2.75) is 6.54 Å². The van der Waals surface area contributed by atoms with Crippen molar-refractivity contribution >= 4 is 43.7 Å². The second kappa shape index (κ2) is 5.13. The Kier molecular flexibility index (Phi) is 3.33. The van der Waals surface area contributed by atoms with Crippen LogP contribution in [0, 0.1) is 0 Å². The molecule has 1 aromatic carbocycles. The Morgan fingerprint density at radius 3 is 2.89 bits per heavy atom. The van der Waals surface area contributed by atoms with E-state index in [-0.39, 0.29) is 5.91 Å². The lowest BCUT2D eigenvalue weighted by molar-refractivity contribution is 0.103. The number of rotatable bonds is 3. The maximum atomic E-state index is 12.2. The van der Waals surface area contributed by atoms with E-state index in [0.717, 1.165) is 25.5 Å². The van der Waals surface area contributed by atoms with Crippen molar-refractivity contribution in [1.82, 2.24) is 0 Å². The molecular formula is C14H12N2OS2. The summed E-state index contributed by atoms with van der Waals surface area (Å²) >= 11 is 3.17. The maximum absolute atomic E-state index is 12.2. The number of hydrogen-bond acceptors (Lipinski definition) is 4. The van der Waals surface area contributed by atoms with Crippen molar-refractivity contribution in [2.75, 3.05) is 5.32 Å². The van der Waals surface area contributed by atoms with Gasteiger partial charge in [-0.2, -0.15) is 0 Å². The normalized spacial score (nSPS) is 10.8. The number of carbonyl (C=O) groups excluding carboxylic acids is 1. The van der Waals surface area contributed by atoms with Gasteiger partial charge in [0.2, 0.25) is 0 Å². The highest BCUT2D eigenvalue weighted by Gasteiger charge is 2.11. The second-order valence-corrected chi connectivity index (χ2v) is 6.15. The van der Waals surface area contributed by atoms with Crippen molar-refractivity contribution < 1.29 is 4.79 Å². The lowest BCUT2D eigenvalue weighted by Gasteiger charge is -2.05. The largest absolute Gasteiger partial charge is 0.326 e. The fraction of sp³-hybridized carbons (Fsp3) is 0.0714. The number of fused-ring (bicyclic) bond motifs is 1. The van der Waals surface area contributed by atoms with Gasteiger partial charge in [-0.1, -0.05) is 12.1 Å². The van der Waals surface area contributed by atoms with E-state index in [4.69, 9.17) is 5.73 Å². The van der Waals surface area contributed by atoms with E-state index in [1.165, 1.54) is 11.3 Å². The molecule has 0 spiro atoms. The minimum Gasteiger partial charge on any atom is -0.326 e. The van der Waals surface area contributed by atoms with Crippen molar-refractivity contribution in [3.05, 3.63) is 52.2 Å². The summed E-state index contributed by atoms with van der Waals surface area (Å²) in [7, 11) is 0. The molecule has 0 unspecified atom stereocenters. The molecule has 0 saturated carbocycles. The average Bonchev–Trinajstić information content (AvgIpc) is 2.99. The third-order valence-electron chi connectivity index (χ3n) is 2.78. The zero-order valence-electron chi connectivity index (χ0n) is 10.1. The average molecular weight is 288 g/mol. The number of carbonyl (C=O) groups is 1. The van der Waals surface area contributed by atoms with Gasteiger partial charge < -0.3 is 11.1 Å². The molecule has 96 valence electrons. The molecule has 3 nitrogen and oxygen atoms in total. The van der Waals surface area contributed by atoms with E-state index in [1.807, 2.05) is 41.8 Å². The van der Waals surface area contributed by atoms with Crippen LogP contribution in [0.15, 0.2) is 41.8 Å². The number of nitrogens with one attached hydrogen (secondary N) is 1. The van der Waals surface area contributed by atoms with E-state index in [9.17, 15) is 4.79 Å². The molecule has 0 atom stereocenters. The Morgan fingerprint density at radius 1 is 1.21 bits per heavy atom. The Morgan fingerprint density at radius 2 is 2.11 bits per heavy atom. The van der Waals surface area contributed by atoms with Crippen LogP contribution in [0.4, 0.5) is 5.69 Å². The number of thiophene rings is 2. The van der Waals surface area contributed by atoms with Crippen LogP contribution in [-0.4, -0.2) is 5.91 Å². The van der Waals surface area contributed by atoms with Crippen LogP contribution in [0.1, 0.15) is 15.2 Å². The molecule has 3 aromatic rings. The van der Waals surface area contributed by atoms with Gasteiger partial charge in [0.15, 0.2) is 0 Å². The molecule has 0 radical (unpaired) electrons. The summed E-state index contributed by atoms with van der Waals surface area (Å²) in [4.78, 5) is 12.9. The van der Waals surface area contributed by atoms with Gasteiger partial charge in [-0.05, 0) is 35.2 Å². The minimum atomic E-state index is -0.0671. The Hall–Kier alpha value is -1.69. The molecule has 0 aliphatic rings. The first-order chi connectivity index (χ1) is 9.26. The van der Waals surface area contributed by atoms with Gasteiger partial charge in [0.1, 0.15) is 0 Å². The van der Waals surface area contributed by atoms with E-state index in [2.05, 4.69) is 5.32 Å². The molecule has 0 aliphatic heterocycles. The first-order valence-corrected chi connectivity index (χ1v) is 7.53. The number of hydrogen-bond donors (Lipinski definition) is 2. The fourth-order valence-corrected chi connectivity index (χ4v) is 3.85. The van der Waals surface area contributed by atoms with Crippen molar-refractivity contribution in [3.8, 4) is 0 Å². The van der Waals surface area contributed by atoms with E-state index in [1.54, 1.807) is 11.3 Å². The smallest absolute Gasteiger partial charge is 0.265 e. The highest BCUT2D eigenvalue weighted by atomic mass is 32.1. The van der Waals surface area contributed by atoms with Crippen LogP contribution in [0.3, 0.4) is 0 Å². The number of anilines is 1. The molecule has 0 aliphatic carbocycles. The summed E-state index contributed by atoms with van der Waals surface area (Å²) in [6, 6.07) is 11.6. The van der Waals surface area contributed by atoms with Crippen molar-refractivity contribution in [1.29, 1.82) is 0 Å². The van der Waals surface area contributed by atoms with Crippen LogP contribution in [0.25, 0.3) is 9.40 Å². The first kappa shape index (κ1) is 12.3. The Bertz CT molecular complexity index is 701. The quantitative estimate of drug-likeness (QED) is 0.772. The molecule has 3 rings (SSSR count). The summed E-state index contributed by atoms with van der Waals surface area (Å²) in [5, 5.41) is 4.94. The molecule has 19 heavy (non-hydrogen) atoms. The summed E-state index contributed by atoms with van der Waals surface area (Å²) < 4.78 is 2.32. The molecule has 0 fully saturated rings. The zero-order valence-corrected chi connectivity index (χ0v) is 11.7. The maximum Gasteiger partial charge on any atom is 0.265 e. The highest BCUT2D eigenvalue weighted by Crippen LogP contribution is 2.30. The predicted octanol–water partition coefficient (Wildman–Crippen LogP) is 3.67. The monoisotopic (exact) mass is 288 g/mol. The van der Waals surface area contributed by atoms with Gasteiger partial charge in [0, 0.05) is 21.6 Å². The van der Waals surface area contributed by atoms with Crippen LogP contribution in [0.5, 0.6) is 0 Å². The first-order valence-electron chi connectivity index (χ1n) is 5.83. The number of benzene rings is 1. The summed E-state index contributed by atoms with van der Waals surface area (Å²) in [5.41, 5.74) is 7.38. The molecular weight excluding hydrogens is 276 g/mol. The number of amides is 1. The van der Waals surface area contributed by atoms with Crippen LogP contribution < -0.4 is 11.1 Å². The third kappa shape index (κ3) is 2.53. The van der Waals surface area contributed by atoms with Crippen molar-refractivity contribution in [3.63, 3.8) is 0 Å². The van der Waals surface area contributed by atoms with Crippen LogP contribution in [-0.2, 0) is 6.54 Å². The van der Waals surface area contributed by atoms with Gasteiger partial charge in [-0.15, -0.1) is 22.7 Å². The predicted molar refractivity (Wildman–Crippen MR) is 82.0 cm³/mol. The molecule has 0 bridgehead atoms. The highest BCUT2D eigenvalue weighted by molar-refractivity contribution is 7.27. The van der Waals surface area contributed by atoms with Gasteiger partial charge in [-0.25, -0.2) is 0 Å².